The SMILES string of the molecule is CC(=O)N[C@H]1C(O)O[C@H](CO[C@@H]2O[C@H](CO)[C@H](O)[C@H](O)[C@H]2O[C@@H]2O[C@H](CO)[C@H](O)[C@H](O)[C@H]2O)[C@@H](O)[C@@H]1O[C@@H]1O[C@H](CO)[C@H](O)[C@H](O)[C@H]1O. The Balaban J connectivity index is 1.53. The highest BCUT2D eigenvalue weighted by molar-refractivity contribution is 5.73. The summed E-state index contributed by atoms with van der Waals surface area (Å²) in [6.45, 7) is -2.13. The van der Waals surface area contributed by atoms with Gasteiger partial charge < -0.3 is 105 Å². The first-order valence-corrected chi connectivity index (χ1v) is 15.1. The minimum atomic E-state index is -1.94. The molecule has 22 nitrogen and oxygen atoms in total. The number of hydrogen-bond acceptors (Lipinski definition) is 21. The Labute approximate surface area is 272 Å². The number of aliphatic hydroxyl groups is 13. The standard InChI is InChI=1S/C26H45NO21/c1-6(31)27-11-21(47-24-19(39)16(36)12(32)7(2-28)44-24)15(35)10(43-23(11)41)5-42-26-22(18(38)14(34)9(4-30)46-26)48-25-20(40)17(37)13(33)8(3-29)45-25/h7-26,28-30,32-41H,2-5H2,1H3,(H,27,31)/t7-,8-,9-,10-,11-,12+,13+,14+,15-,16+,17+,18+,19-,20-,21-,22-,23?,24+,25+,26-/m1/s1. The van der Waals surface area contributed by atoms with Gasteiger partial charge in [-0.15, -0.1) is 0 Å². The summed E-state index contributed by atoms with van der Waals surface area (Å²) in [7, 11) is 0. The molecular formula is C26H45NO21. The number of ether oxygens (including phenoxy) is 7. The van der Waals surface area contributed by atoms with Crippen molar-refractivity contribution in [3.05, 3.63) is 0 Å². The van der Waals surface area contributed by atoms with Gasteiger partial charge in [0.2, 0.25) is 5.91 Å². The predicted octanol–water partition coefficient (Wildman–Crippen LogP) is -9.61. The van der Waals surface area contributed by atoms with E-state index in [1.807, 2.05) is 0 Å². The zero-order chi connectivity index (χ0) is 35.6. The summed E-state index contributed by atoms with van der Waals surface area (Å²) in [4.78, 5) is 11.9. The van der Waals surface area contributed by atoms with E-state index in [-0.39, 0.29) is 0 Å². The van der Waals surface area contributed by atoms with Gasteiger partial charge in [0.25, 0.3) is 0 Å². The van der Waals surface area contributed by atoms with E-state index in [1.165, 1.54) is 0 Å². The van der Waals surface area contributed by atoms with Crippen LogP contribution in [-0.4, -0.2) is 221 Å². The molecule has 0 aromatic heterocycles. The molecule has 14 N–H and O–H groups in total. The lowest BCUT2D eigenvalue weighted by Crippen LogP contribution is -2.68. The van der Waals surface area contributed by atoms with Crippen LogP contribution in [0.2, 0.25) is 0 Å². The molecule has 1 amide bonds. The van der Waals surface area contributed by atoms with Crippen LogP contribution in [0, 0.1) is 0 Å². The van der Waals surface area contributed by atoms with Crippen LogP contribution in [0.1, 0.15) is 6.92 Å². The third-order valence-corrected chi connectivity index (χ3v) is 8.59. The molecule has 20 atom stereocenters. The highest BCUT2D eigenvalue weighted by Crippen LogP contribution is 2.32. The Morgan fingerprint density at radius 1 is 0.542 bits per heavy atom. The van der Waals surface area contributed by atoms with E-state index in [2.05, 4.69) is 5.32 Å². The molecule has 280 valence electrons. The summed E-state index contributed by atoms with van der Waals surface area (Å²) in [5.41, 5.74) is 0. The second-order valence-electron chi connectivity index (χ2n) is 11.9. The minimum Gasteiger partial charge on any atom is -0.394 e. The Morgan fingerprint density at radius 2 is 0.979 bits per heavy atom. The Kier molecular flexibility index (Phi) is 13.8. The monoisotopic (exact) mass is 707 g/mol. The summed E-state index contributed by atoms with van der Waals surface area (Å²) in [6, 6.07) is -1.52. The first-order chi connectivity index (χ1) is 22.6. The van der Waals surface area contributed by atoms with E-state index in [9.17, 15) is 71.2 Å². The minimum absolute atomic E-state index is 0.710. The van der Waals surface area contributed by atoms with E-state index in [0.29, 0.717) is 0 Å². The normalized spacial score (nSPS) is 50.2. The number of aliphatic hydroxyl groups excluding tert-OH is 13. The summed E-state index contributed by atoms with van der Waals surface area (Å²) < 4.78 is 38.5. The van der Waals surface area contributed by atoms with Crippen LogP contribution < -0.4 is 5.32 Å². The molecule has 4 saturated heterocycles. The molecule has 4 fully saturated rings. The Morgan fingerprint density at radius 3 is 1.44 bits per heavy atom. The van der Waals surface area contributed by atoms with E-state index in [4.69, 9.17) is 33.2 Å². The molecule has 48 heavy (non-hydrogen) atoms. The largest absolute Gasteiger partial charge is 0.394 e. The second-order valence-corrected chi connectivity index (χ2v) is 11.9. The van der Waals surface area contributed by atoms with Crippen LogP contribution >= 0.6 is 0 Å². The van der Waals surface area contributed by atoms with Crippen molar-refractivity contribution in [3.8, 4) is 0 Å². The van der Waals surface area contributed by atoms with Gasteiger partial charge >= 0.3 is 0 Å². The second kappa shape index (κ2) is 16.8. The molecule has 4 aliphatic heterocycles. The first kappa shape index (κ1) is 39.5. The molecule has 0 spiro atoms. The van der Waals surface area contributed by atoms with Gasteiger partial charge in [-0.05, 0) is 0 Å². The van der Waals surface area contributed by atoms with Crippen molar-refractivity contribution in [1.29, 1.82) is 0 Å². The van der Waals surface area contributed by atoms with Crippen LogP contribution in [0.25, 0.3) is 0 Å². The van der Waals surface area contributed by atoms with E-state index in [1.54, 1.807) is 0 Å². The number of carbonyl (C=O) groups excluding carboxylic acids is 1. The molecule has 4 rings (SSSR count). The van der Waals surface area contributed by atoms with Crippen molar-refractivity contribution < 1.29 is 104 Å². The van der Waals surface area contributed by atoms with Gasteiger partial charge in [-0.25, -0.2) is 0 Å². The summed E-state index contributed by atoms with van der Waals surface area (Å²) in [6.07, 6.45) is -33.3. The average molecular weight is 708 g/mol. The molecule has 0 bridgehead atoms. The lowest BCUT2D eigenvalue weighted by Gasteiger charge is -2.48. The molecule has 4 heterocycles. The highest BCUT2D eigenvalue weighted by Gasteiger charge is 2.54. The maximum Gasteiger partial charge on any atom is 0.217 e. The fraction of sp³-hybridized carbons (Fsp3) is 0.962. The van der Waals surface area contributed by atoms with E-state index < -0.39 is 155 Å². The van der Waals surface area contributed by atoms with Crippen LogP contribution in [0.15, 0.2) is 0 Å². The lowest BCUT2D eigenvalue weighted by molar-refractivity contribution is -0.373. The van der Waals surface area contributed by atoms with Crippen molar-refractivity contribution in [2.45, 2.75) is 130 Å². The van der Waals surface area contributed by atoms with Gasteiger partial charge in [-0.2, -0.15) is 0 Å². The van der Waals surface area contributed by atoms with Crippen molar-refractivity contribution >= 4 is 5.91 Å². The third-order valence-electron chi connectivity index (χ3n) is 8.59. The lowest BCUT2D eigenvalue weighted by atomic mass is 9.95. The molecule has 0 radical (unpaired) electrons. The van der Waals surface area contributed by atoms with E-state index in [0.717, 1.165) is 6.92 Å². The molecular weight excluding hydrogens is 662 g/mol. The number of hydrogen-bond donors (Lipinski definition) is 14. The number of amides is 1. The van der Waals surface area contributed by atoms with Crippen molar-refractivity contribution in [2.24, 2.45) is 0 Å². The van der Waals surface area contributed by atoms with Crippen LogP contribution in [0.5, 0.6) is 0 Å². The van der Waals surface area contributed by atoms with Gasteiger partial charge in [0.15, 0.2) is 25.2 Å². The molecule has 1 unspecified atom stereocenters. The Bertz CT molecular complexity index is 1030. The zero-order valence-corrected chi connectivity index (χ0v) is 25.5. The molecule has 0 aliphatic carbocycles. The van der Waals surface area contributed by atoms with Gasteiger partial charge in [0.05, 0.1) is 26.4 Å². The van der Waals surface area contributed by atoms with Crippen molar-refractivity contribution in [3.63, 3.8) is 0 Å². The molecule has 4 aliphatic rings. The molecule has 0 aromatic rings. The number of carbonyl (C=O) groups is 1. The summed E-state index contributed by atoms with van der Waals surface area (Å²) in [5, 5.41) is 136. The van der Waals surface area contributed by atoms with Crippen molar-refractivity contribution in [2.75, 3.05) is 26.4 Å². The first-order valence-electron chi connectivity index (χ1n) is 15.1. The summed E-state index contributed by atoms with van der Waals surface area (Å²) in [5.74, 6) is -0.710. The van der Waals surface area contributed by atoms with Gasteiger partial charge in [0, 0.05) is 6.92 Å². The Hall–Kier alpha value is -1.33. The van der Waals surface area contributed by atoms with E-state index >= 15 is 0 Å². The third kappa shape index (κ3) is 8.24. The fourth-order valence-corrected chi connectivity index (χ4v) is 5.82. The highest BCUT2D eigenvalue weighted by atomic mass is 16.8. The smallest absolute Gasteiger partial charge is 0.217 e. The topological polar surface area (TPSA) is 357 Å². The van der Waals surface area contributed by atoms with Gasteiger partial charge in [-0.1, -0.05) is 0 Å². The molecule has 22 heteroatoms. The van der Waals surface area contributed by atoms with Crippen LogP contribution in [0.4, 0.5) is 0 Å². The van der Waals surface area contributed by atoms with Gasteiger partial charge in [0.1, 0.15) is 97.6 Å². The quantitative estimate of drug-likeness (QED) is 0.0947. The number of rotatable bonds is 11. The van der Waals surface area contributed by atoms with Crippen molar-refractivity contribution in [1.82, 2.24) is 5.32 Å². The van der Waals surface area contributed by atoms with Crippen LogP contribution in [0.3, 0.4) is 0 Å². The average Bonchev–Trinajstić information content (AvgIpc) is 3.06. The summed E-state index contributed by atoms with van der Waals surface area (Å²) >= 11 is 0. The van der Waals surface area contributed by atoms with Crippen LogP contribution in [-0.2, 0) is 38.0 Å². The fourth-order valence-electron chi connectivity index (χ4n) is 5.82. The maximum atomic E-state index is 11.9. The number of nitrogens with one attached hydrogen (secondary N) is 1. The van der Waals surface area contributed by atoms with Gasteiger partial charge in [-0.3, -0.25) is 4.79 Å². The maximum absolute atomic E-state index is 11.9. The molecule has 0 saturated carbocycles. The predicted molar refractivity (Wildman–Crippen MR) is 145 cm³/mol. The molecule has 0 aromatic carbocycles. The zero-order valence-electron chi connectivity index (χ0n) is 25.5.